The van der Waals surface area contributed by atoms with Gasteiger partial charge in [-0.05, 0) is 55.9 Å². The predicted octanol–water partition coefficient (Wildman–Crippen LogP) is 3.07. The molecule has 0 radical (unpaired) electrons. The van der Waals surface area contributed by atoms with E-state index in [2.05, 4.69) is 15.0 Å². The number of aromatic nitrogens is 1. The highest BCUT2D eigenvalue weighted by Crippen LogP contribution is 2.25. The molecule has 0 aliphatic rings. The molecule has 3 aromatic rings. The third-order valence-electron chi connectivity index (χ3n) is 4.84. The molecule has 32 heavy (non-hydrogen) atoms. The lowest BCUT2D eigenvalue weighted by Crippen LogP contribution is -2.27. The van der Waals surface area contributed by atoms with Crippen LogP contribution in [0, 0.1) is 0 Å². The Bertz CT molecular complexity index is 1170. The molecule has 2 aromatic carbocycles. The number of rotatable bonds is 9. The molecule has 0 saturated heterocycles. The summed E-state index contributed by atoms with van der Waals surface area (Å²) in [6.07, 6.45) is 3.46. The van der Waals surface area contributed by atoms with Gasteiger partial charge in [0, 0.05) is 23.5 Å². The molecule has 2 N–H and O–H groups in total. The molecule has 0 saturated carbocycles. The van der Waals surface area contributed by atoms with Crippen LogP contribution in [0.1, 0.15) is 34.5 Å². The summed E-state index contributed by atoms with van der Waals surface area (Å²) in [5.74, 6) is 0.462. The number of methoxy groups -OCH3 is 1. The molecule has 8 nitrogen and oxygen atoms in total. The van der Waals surface area contributed by atoms with E-state index in [1.165, 1.54) is 32.4 Å². The highest BCUT2D eigenvalue weighted by atomic mass is 32.2. The van der Waals surface area contributed by atoms with E-state index in [9.17, 15) is 13.2 Å². The van der Waals surface area contributed by atoms with Crippen molar-refractivity contribution in [3.8, 4) is 11.5 Å². The third kappa shape index (κ3) is 5.63. The summed E-state index contributed by atoms with van der Waals surface area (Å²) in [6.45, 7) is 2.26. The fourth-order valence-electron chi connectivity index (χ4n) is 3.00. The summed E-state index contributed by atoms with van der Waals surface area (Å²) >= 11 is 0. The van der Waals surface area contributed by atoms with Crippen LogP contribution in [0.5, 0.6) is 11.5 Å². The number of benzene rings is 2. The van der Waals surface area contributed by atoms with Crippen LogP contribution in [-0.4, -0.2) is 33.5 Å². The van der Waals surface area contributed by atoms with E-state index in [1.807, 2.05) is 43.3 Å². The first-order chi connectivity index (χ1) is 15.3. The first-order valence-electron chi connectivity index (χ1n) is 9.88. The second-order valence-electron chi connectivity index (χ2n) is 6.99. The van der Waals surface area contributed by atoms with Gasteiger partial charge in [-0.1, -0.05) is 18.2 Å². The average Bonchev–Trinajstić information content (AvgIpc) is 2.83. The highest BCUT2D eigenvalue weighted by Gasteiger charge is 2.21. The largest absolute Gasteiger partial charge is 0.495 e. The van der Waals surface area contributed by atoms with Gasteiger partial charge in [0.25, 0.3) is 5.91 Å². The molecular weight excluding hydrogens is 430 g/mol. The van der Waals surface area contributed by atoms with Gasteiger partial charge in [-0.3, -0.25) is 9.78 Å². The van der Waals surface area contributed by atoms with Crippen molar-refractivity contribution in [2.24, 2.45) is 0 Å². The van der Waals surface area contributed by atoms with Crippen molar-refractivity contribution in [3.63, 3.8) is 0 Å². The fraction of sp³-hybridized carbons (Fsp3) is 0.217. The van der Waals surface area contributed by atoms with Crippen LogP contribution in [0.4, 0.5) is 0 Å². The summed E-state index contributed by atoms with van der Waals surface area (Å²) in [4.78, 5) is 16.7. The predicted molar refractivity (Wildman–Crippen MR) is 120 cm³/mol. The first-order valence-corrected chi connectivity index (χ1v) is 11.4. The summed E-state index contributed by atoms with van der Waals surface area (Å²) in [5, 5.41) is 2.88. The number of amides is 1. The van der Waals surface area contributed by atoms with Crippen LogP contribution in [0.15, 0.2) is 71.9 Å². The van der Waals surface area contributed by atoms with Crippen molar-refractivity contribution >= 4 is 15.9 Å². The summed E-state index contributed by atoms with van der Waals surface area (Å²) < 4.78 is 37.6. The standard InChI is InChI=1S/C23H25N3O5S/c1-16(18-6-9-20(10-7-18)31-15-17-5-4-12-25-14-17)26-23(27)19-8-11-21(30-3)22(13-19)32(28,29)24-2/h4-14,16,24H,15H2,1-3H3,(H,26,27). The van der Waals surface area contributed by atoms with Crippen molar-refractivity contribution in [2.45, 2.75) is 24.5 Å². The van der Waals surface area contributed by atoms with Gasteiger partial charge in [-0.15, -0.1) is 0 Å². The molecule has 0 fully saturated rings. The molecule has 168 valence electrons. The zero-order valence-electron chi connectivity index (χ0n) is 18.0. The van der Waals surface area contributed by atoms with Gasteiger partial charge in [0.2, 0.25) is 10.0 Å². The van der Waals surface area contributed by atoms with Crippen molar-refractivity contribution in [2.75, 3.05) is 14.2 Å². The Morgan fingerprint density at radius 3 is 2.50 bits per heavy atom. The molecule has 0 aliphatic heterocycles. The molecule has 1 unspecified atom stereocenters. The third-order valence-corrected chi connectivity index (χ3v) is 6.28. The van der Waals surface area contributed by atoms with Crippen molar-refractivity contribution in [1.29, 1.82) is 0 Å². The molecular formula is C23H25N3O5S. The van der Waals surface area contributed by atoms with E-state index in [-0.39, 0.29) is 22.3 Å². The number of carbonyl (C=O) groups excluding carboxylic acids is 1. The average molecular weight is 456 g/mol. The lowest BCUT2D eigenvalue weighted by Gasteiger charge is -2.16. The second-order valence-corrected chi connectivity index (χ2v) is 8.84. The minimum absolute atomic E-state index is 0.0991. The fourth-order valence-corrected chi connectivity index (χ4v) is 3.92. The lowest BCUT2D eigenvalue weighted by atomic mass is 10.1. The number of hydrogen-bond donors (Lipinski definition) is 2. The lowest BCUT2D eigenvalue weighted by molar-refractivity contribution is 0.0939. The number of hydrogen-bond acceptors (Lipinski definition) is 6. The van der Waals surface area contributed by atoms with E-state index < -0.39 is 15.9 Å². The number of nitrogens with zero attached hydrogens (tertiary/aromatic N) is 1. The van der Waals surface area contributed by atoms with Crippen LogP contribution in [-0.2, 0) is 16.6 Å². The number of ether oxygens (including phenoxy) is 2. The van der Waals surface area contributed by atoms with Crippen LogP contribution >= 0.6 is 0 Å². The van der Waals surface area contributed by atoms with Gasteiger partial charge in [-0.25, -0.2) is 13.1 Å². The molecule has 1 heterocycles. The number of nitrogens with one attached hydrogen (secondary N) is 2. The first kappa shape index (κ1) is 23.2. The van der Waals surface area contributed by atoms with E-state index in [0.29, 0.717) is 12.4 Å². The second kappa shape index (κ2) is 10.3. The van der Waals surface area contributed by atoms with Crippen molar-refractivity contribution in [1.82, 2.24) is 15.0 Å². The van der Waals surface area contributed by atoms with Crippen LogP contribution < -0.4 is 19.5 Å². The number of sulfonamides is 1. The molecule has 3 rings (SSSR count). The zero-order valence-corrected chi connectivity index (χ0v) is 18.8. The van der Waals surface area contributed by atoms with E-state index in [1.54, 1.807) is 12.4 Å². The molecule has 0 spiro atoms. The minimum atomic E-state index is -3.78. The Morgan fingerprint density at radius 1 is 1.12 bits per heavy atom. The molecule has 9 heteroatoms. The molecule has 1 aromatic heterocycles. The maximum Gasteiger partial charge on any atom is 0.251 e. The quantitative estimate of drug-likeness (QED) is 0.514. The molecule has 1 amide bonds. The SMILES string of the molecule is CNS(=O)(=O)c1cc(C(=O)NC(C)c2ccc(OCc3cccnc3)cc2)ccc1OC. The molecule has 1 atom stereocenters. The Hall–Kier alpha value is -3.43. The minimum Gasteiger partial charge on any atom is -0.495 e. The molecule has 0 aliphatic carbocycles. The van der Waals surface area contributed by atoms with Gasteiger partial charge in [0.15, 0.2) is 0 Å². The Kier molecular flexibility index (Phi) is 7.45. The van der Waals surface area contributed by atoms with Gasteiger partial charge >= 0.3 is 0 Å². The van der Waals surface area contributed by atoms with Gasteiger partial charge in [-0.2, -0.15) is 0 Å². The molecule has 0 bridgehead atoms. The maximum absolute atomic E-state index is 12.7. The van der Waals surface area contributed by atoms with E-state index >= 15 is 0 Å². The Labute approximate surface area is 187 Å². The monoisotopic (exact) mass is 455 g/mol. The van der Waals surface area contributed by atoms with Crippen molar-refractivity contribution in [3.05, 3.63) is 83.7 Å². The highest BCUT2D eigenvalue weighted by molar-refractivity contribution is 7.89. The Balaban J connectivity index is 1.67. The van der Waals surface area contributed by atoms with E-state index in [0.717, 1.165) is 11.1 Å². The van der Waals surface area contributed by atoms with E-state index in [4.69, 9.17) is 9.47 Å². The van der Waals surface area contributed by atoms with Crippen LogP contribution in [0.2, 0.25) is 0 Å². The summed E-state index contributed by atoms with van der Waals surface area (Å²) in [5.41, 5.74) is 2.06. The number of pyridine rings is 1. The summed E-state index contributed by atoms with van der Waals surface area (Å²) in [6, 6.07) is 15.2. The zero-order chi connectivity index (χ0) is 23.1. The van der Waals surface area contributed by atoms with Gasteiger partial charge < -0.3 is 14.8 Å². The summed E-state index contributed by atoms with van der Waals surface area (Å²) in [7, 11) is -1.11. The van der Waals surface area contributed by atoms with Gasteiger partial charge in [0.1, 0.15) is 23.0 Å². The smallest absolute Gasteiger partial charge is 0.251 e. The van der Waals surface area contributed by atoms with Crippen LogP contribution in [0.3, 0.4) is 0 Å². The number of carbonyl (C=O) groups is 1. The van der Waals surface area contributed by atoms with Gasteiger partial charge in [0.05, 0.1) is 13.2 Å². The van der Waals surface area contributed by atoms with Crippen molar-refractivity contribution < 1.29 is 22.7 Å². The normalized spacial score (nSPS) is 12.1. The Morgan fingerprint density at radius 2 is 1.88 bits per heavy atom. The van der Waals surface area contributed by atoms with Crippen LogP contribution in [0.25, 0.3) is 0 Å². The maximum atomic E-state index is 12.7. The topological polar surface area (TPSA) is 107 Å².